The van der Waals surface area contributed by atoms with Crippen molar-refractivity contribution in [3.05, 3.63) is 101 Å². The summed E-state index contributed by atoms with van der Waals surface area (Å²) in [6, 6.07) is 27.9. The first-order valence-corrected chi connectivity index (χ1v) is 8.38. The van der Waals surface area contributed by atoms with Gasteiger partial charge >= 0.3 is 0 Å². The highest BCUT2D eigenvalue weighted by molar-refractivity contribution is 7.71. The molecule has 0 spiro atoms. The minimum absolute atomic E-state index is 0.630. The number of rotatable bonds is 3. The van der Waals surface area contributed by atoms with Gasteiger partial charge in [0.1, 0.15) is 17.0 Å². The number of ether oxygens (including phenoxy) is 1. The van der Waals surface area contributed by atoms with Gasteiger partial charge in [-0.1, -0.05) is 72.9 Å². The second kappa shape index (κ2) is 8.76. The molecule has 25 heavy (non-hydrogen) atoms. The Kier molecular flexibility index (Phi) is 5.91. The van der Waals surface area contributed by atoms with Crippen LogP contribution in [0.2, 0.25) is 0 Å². The van der Waals surface area contributed by atoms with Gasteiger partial charge in [0.05, 0.1) is 6.33 Å². The van der Waals surface area contributed by atoms with Crippen LogP contribution in [0.25, 0.3) is 10.9 Å². The van der Waals surface area contributed by atoms with Crippen molar-refractivity contribution in [2.75, 3.05) is 0 Å². The Morgan fingerprint density at radius 2 is 1.44 bits per heavy atom. The van der Waals surface area contributed by atoms with Gasteiger partial charge in [-0.3, -0.25) is 0 Å². The van der Waals surface area contributed by atoms with E-state index in [2.05, 4.69) is 22.1 Å². The summed E-state index contributed by atoms with van der Waals surface area (Å²) in [4.78, 5) is 6.98. The number of hydrogen-bond donors (Lipinski definition) is 1. The van der Waals surface area contributed by atoms with Gasteiger partial charge in [0, 0.05) is 10.9 Å². The zero-order valence-corrected chi connectivity index (χ0v) is 14.4. The molecule has 4 aromatic rings. The number of nitrogens with zero attached hydrogens (tertiary/aromatic N) is 1. The van der Waals surface area contributed by atoms with Crippen LogP contribution in [0.4, 0.5) is 0 Å². The standard InChI is InChI=1S/C13H12O.C8H6N2S/c1-3-7-12(8-4-1)11-14-13-9-5-2-6-10-13;11-8-6-3-1-2-4-7(6)9-5-10-8/h1-10H,11H2;1-5H,(H,9,10,11). The van der Waals surface area contributed by atoms with E-state index in [0.29, 0.717) is 11.2 Å². The molecule has 0 unspecified atom stereocenters. The predicted octanol–water partition coefficient (Wildman–Crippen LogP) is 5.56. The molecule has 0 bridgehead atoms. The van der Waals surface area contributed by atoms with Crippen molar-refractivity contribution < 1.29 is 4.74 Å². The van der Waals surface area contributed by atoms with Gasteiger partial charge in [-0.2, -0.15) is 0 Å². The lowest BCUT2D eigenvalue weighted by atomic mass is 10.2. The normalized spacial score (nSPS) is 9.92. The summed E-state index contributed by atoms with van der Waals surface area (Å²) >= 11 is 5.02. The molecule has 0 aliphatic heterocycles. The Bertz CT molecular complexity index is 924. The van der Waals surface area contributed by atoms with Crippen molar-refractivity contribution in [1.29, 1.82) is 0 Å². The molecule has 0 fully saturated rings. The third-order valence-electron chi connectivity index (χ3n) is 3.55. The highest BCUT2D eigenvalue weighted by atomic mass is 32.1. The van der Waals surface area contributed by atoms with Crippen LogP contribution in [0.5, 0.6) is 5.75 Å². The molecule has 1 aromatic heterocycles. The van der Waals surface area contributed by atoms with Gasteiger partial charge in [-0.25, -0.2) is 4.98 Å². The maximum Gasteiger partial charge on any atom is 0.137 e. The second-order valence-corrected chi connectivity index (χ2v) is 5.73. The molecule has 3 aromatic carbocycles. The lowest BCUT2D eigenvalue weighted by Crippen LogP contribution is -1.94. The minimum atomic E-state index is 0.630. The molecule has 1 heterocycles. The number of fused-ring (bicyclic) bond motifs is 1. The van der Waals surface area contributed by atoms with E-state index in [0.717, 1.165) is 16.7 Å². The van der Waals surface area contributed by atoms with E-state index in [1.54, 1.807) is 6.33 Å². The fraction of sp³-hybridized carbons (Fsp3) is 0.0476. The molecule has 0 aliphatic rings. The summed E-state index contributed by atoms with van der Waals surface area (Å²) in [6.45, 7) is 0.630. The molecule has 0 atom stereocenters. The SMILES string of the molecule is S=c1nc[nH]c2ccccc12.c1ccc(COc2ccccc2)cc1. The Morgan fingerprint density at radius 3 is 2.16 bits per heavy atom. The molecule has 3 nitrogen and oxygen atoms in total. The van der Waals surface area contributed by atoms with E-state index in [-0.39, 0.29) is 0 Å². The third-order valence-corrected chi connectivity index (χ3v) is 3.88. The lowest BCUT2D eigenvalue weighted by Gasteiger charge is -2.05. The fourth-order valence-corrected chi connectivity index (χ4v) is 2.51. The van der Waals surface area contributed by atoms with Crippen molar-refractivity contribution in [3.8, 4) is 5.75 Å². The highest BCUT2D eigenvalue weighted by Gasteiger charge is 1.93. The Labute approximate surface area is 152 Å². The maximum atomic E-state index is 5.59. The summed E-state index contributed by atoms with van der Waals surface area (Å²) in [5, 5.41) is 1.00. The van der Waals surface area contributed by atoms with E-state index in [9.17, 15) is 0 Å². The number of benzene rings is 3. The minimum Gasteiger partial charge on any atom is -0.489 e. The van der Waals surface area contributed by atoms with Crippen molar-refractivity contribution >= 4 is 23.1 Å². The molecule has 0 saturated carbocycles. The van der Waals surface area contributed by atoms with Crippen LogP contribution in [0.15, 0.2) is 91.3 Å². The second-order valence-electron chi connectivity index (χ2n) is 5.34. The predicted molar refractivity (Wildman–Crippen MR) is 104 cm³/mol. The molecule has 0 amide bonds. The van der Waals surface area contributed by atoms with Crippen LogP contribution in [0.3, 0.4) is 0 Å². The first kappa shape index (κ1) is 16.9. The number of H-pyrrole nitrogens is 1. The van der Waals surface area contributed by atoms with Gasteiger partial charge in [-0.05, 0) is 29.8 Å². The Morgan fingerprint density at radius 1 is 0.800 bits per heavy atom. The van der Waals surface area contributed by atoms with Gasteiger partial charge in [0.25, 0.3) is 0 Å². The molecule has 0 radical (unpaired) electrons. The quantitative estimate of drug-likeness (QED) is 0.494. The average molecular weight is 346 g/mol. The van der Waals surface area contributed by atoms with E-state index in [1.165, 1.54) is 5.56 Å². The number of aromatic amines is 1. The smallest absolute Gasteiger partial charge is 0.137 e. The highest BCUT2D eigenvalue weighted by Crippen LogP contribution is 2.11. The van der Waals surface area contributed by atoms with Crippen LogP contribution in [0.1, 0.15) is 5.56 Å². The number of hydrogen-bond acceptors (Lipinski definition) is 3. The molecule has 0 aliphatic carbocycles. The van der Waals surface area contributed by atoms with Crippen molar-refractivity contribution in [3.63, 3.8) is 0 Å². The molecule has 4 heteroatoms. The van der Waals surface area contributed by atoms with Crippen LogP contribution in [-0.4, -0.2) is 9.97 Å². The van der Waals surface area contributed by atoms with Crippen LogP contribution < -0.4 is 4.74 Å². The monoisotopic (exact) mass is 346 g/mol. The first-order valence-electron chi connectivity index (χ1n) is 7.97. The van der Waals surface area contributed by atoms with Crippen LogP contribution in [0, 0.1) is 4.64 Å². The summed E-state index contributed by atoms with van der Waals surface area (Å²) in [7, 11) is 0. The average Bonchev–Trinajstić information content (AvgIpc) is 2.69. The molecular formula is C21H18N2OS. The molecular weight excluding hydrogens is 328 g/mol. The van der Waals surface area contributed by atoms with Crippen molar-refractivity contribution in [2.45, 2.75) is 6.61 Å². The largest absolute Gasteiger partial charge is 0.489 e. The maximum absolute atomic E-state index is 5.59. The number of nitrogens with one attached hydrogen (secondary N) is 1. The zero-order valence-electron chi connectivity index (χ0n) is 13.6. The summed E-state index contributed by atoms with van der Waals surface area (Å²) in [5.41, 5.74) is 2.23. The van der Waals surface area contributed by atoms with Gasteiger partial charge in [0.15, 0.2) is 0 Å². The molecule has 124 valence electrons. The van der Waals surface area contributed by atoms with Gasteiger partial charge in [-0.15, -0.1) is 0 Å². The van der Waals surface area contributed by atoms with E-state index in [4.69, 9.17) is 17.0 Å². The van der Waals surface area contributed by atoms with E-state index < -0.39 is 0 Å². The van der Waals surface area contributed by atoms with Gasteiger partial charge < -0.3 is 9.72 Å². The van der Waals surface area contributed by atoms with Crippen molar-refractivity contribution in [2.24, 2.45) is 0 Å². The topological polar surface area (TPSA) is 37.9 Å². The molecule has 1 N–H and O–H groups in total. The van der Waals surface area contributed by atoms with E-state index in [1.807, 2.05) is 72.8 Å². The van der Waals surface area contributed by atoms with Gasteiger partial charge in [0.2, 0.25) is 0 Å². The molecule has 0 saturated heterocycles. The van der Waals surface area contributed by atoms with E-state index >= 15 is 0 Å². The summed E-state index contributed by atoms with van der Waals surface area (Å²) < 4.78 is 6.24. The Balaban J connectivity index is 0.000000150. The van der Waals surface area contributed by atoms with Crippen LogP contribution in [-0.2, 0) is 6.61 Å². The summed E-state index contributed by atoms with van der Waals surface area (Å²) in [5.74, 6) is 0.913. The zero-order chi connectivity index (χ0) is 17.3. The molecule has 4 rings (SSSR count). The Hall–Kier alpha value is -2.98. The summed E-state index contributed by atoms with van der Waals surface area (Å²) in [6.07, 6.45) is 1.62. The first-order chi connectivity index (χ1) is 12.3. The van der Waals surface area contributed by atoms with Crippen molar-refractivity contribution in [1.82, 2.24) is 9.97 Å². The third kappa shape index (κ3) is 4.99. The number of para-hydroxylation sites is 2. The lowest BCUT2D eigenvalue weighted by molar-refractivity contribution is 0.306. The number of aromatic nitrogens is 2. The van der Waals surface area contributed by atoms with Crippen LogP contribution >= 0.6 is 12.2 Å². The fourth-order valence-electron chi connectivity index (χ4n) is 2.28.